The zero-order chi connectivity index (χ0) is 13.1. The molecule has 1 aromatic heterocycles. The van der Waals surface area contributed by atoms with Crippen LogP contribution in [0.2, 0.25) is 0 Å². The topological polar surface area (TPSA) is 106 Å². The van der Waals surface area contributed by atoms with Crippen LogP contribution in [0.15, 0.2) is 50.3 Å². The normalized spacial score (nSPS) is 10.9. The van der Waals surface area contributed by atoms with Crippen molar-refractivity contribution in [3.63, 3.8) is 0 Å². The standard InChI is InChI=1S/C11H11N5O2/c1-7-2-4-8(5-3-7)14-15-16-10(17)6-9(12)13-11(16)18/h2-6H,12H2,1H3,(H,13,18). The summed E-state index contributed by atoms with van der Waals surface area (Å²) in [6.07, 6.45) is 0. The number of aryl methyl sites for hydroxylation is 1. The van der Waals surface area contributed by atoms with Crippen LogP contribution in [0.3, 0.4) is 0 Å². The summed E-state index contributed by atoms with van der Waals surface area (Å²) in [7, 11) is 0. The Bertz CT molecular complexity index is 665. The molecule has 0 fully saturated rings. The van der Waals surface area contributed by atoms with E-state index in [1.807, 2.05) is 19.1 Å². The first kappa shape index (κ1) is 11.8. The summed E-state index contributed by atoms with van der Waals surface area (Å²) in [6, 6.07) is 8.23. The fraction of sp³-hybridized carbons (Fsp3) is 0.0909. The van der Waals surface area contributed by atoms with Crippen molar-refractivity contribution in [2.45, 2.75) is 6.92 Å². The Morgan fingerprint density at radius 2 is 1.89 bits per heavy atom. The van der Waals surface area contributed by atoms with Gasteiger partial charge in [-0.2, -0.15) is 0 Å². The van der Waals surface area contributed by atoms with Gasteiger partial charge in [-0.3, -0.25) is 9.78 Å². The molecule has 7 heteroatoms. The maximum absolute atomic E-state index is 11.4. The summed E-state index contributed by atoms with van der Waals surface area (Å²) in [5, 5.41) is 7.37. The number of benzene rings is 1. The van der Waals surface area contributed by atoms with Crippen LogP contribution < -0.4 is 17.0 Å². The molecule has 0 aliphatic rings. The molecule has 92 valence electrons. The van der Waals surface area contributed by atoms with Gasteiger partial charge in [0.05, 0.1) is 5.69 Å². The molecule has 7 nitrogen and oxygen atoms in total. The van der Waals surface area contributed by atoms with Crippen molar-refractivity contribution in [3.8, 4) is 0 Å². The van der Waals surface area contributed by atoms with E-state index in [2.05, 4.69) is 15.3 Å². The van der Waals surface area contributed by atoms with Gasteiger partial charge in [0.1, 0.15) is 5.82 Å². The van der Waals surface area contributed by atoms with E-state index in [4.69, 9.17) is 5.73 Å². The summed E-state index contributed by atoms with van der Waals surface area (Å²) in [6.45, 7) is 1.94. The number of aromatic nitrogens is 2. The molecule has 0 spiro atoms. The van der Waals surface area contributed by atoms with Crippen molar-refractivity contribution < 1.29 is 0 Å². The van der Waals surface area contributed by atoms with E-state index in [9.17, 15) is 9.59 Å². The first-order chi connectivity index (χ1) is 8.56. The Morgan fingerprint density at radius 1 is 1.22 bits per heavy atom. The molecule has 0 aliphatic carbocycles. The highest BCUT2D eigenvalue weighted by atomic mass is 16.2. The number of H-pyrrole nitrogens is 1. The number of anilines is 1. The average molecular weight is 245 g/mol. The molecule has 0 radical (unpaired) electrons. The van der Waals surface area contributed by atoms with E-state index in [-0.39, 0.29) is 5.82 Å². The maximum Gasteiger partial charge on any atom is 0.352 e. The van der Waals surface area contributed by atoms with E-state index < -0.39 is 11.2 Å². The number of hydrogen-bond donors (Lipinski definition) is 2. The molecule has 0 aliphatic heterocycles. The fourth-order valence-corrected chi connectivity index (χ4v) is 1.30. The molecule has 1 aromatic carbocycles. The second kappa shape index (κ2) is 4.66. The molecule has 0 unspecified atom stereocenters. The summed E-state index contributed by atoms with van der Waals surface area (Å²) >= 11 is 0. The molecule has 18 heavy (non-hydrogen) atoms. The molecule has 0 atom stereocenters. The first-order valence-electron chi connectivity index (χ1n) is 5.17. The van der Waals surface area contributed by atoms with Crippen LogP contribution in [0.1, 0.15) is 5.56 Å². The van der Waals surface area contributed by atoms with E-state index in [1.54, 1.807) is 12.1 Å². The summed E-state index contributed by atoms with van der Waals surface area (Å²) < 4.78 is 0.607. The summed E-state index contributed by atoms with van der Waals surface area (Å²) in [5.74, 6) is -0.00761. The third-order valence-electron chi connectivity index (χ3n) is 2.21. The van der Waals surface area contributed by atoms with Crippen LogP contribution in [0.5, 0.6) is 0 Å². The van der Waals surface area contributed by atoms with Gasteiger partial charge < -0.3 is 5.73 Å². The number of nitrogens with one attached hydrogen (secondary N) is 1. The monoisotopic (exact) mass is 245 g/mol. The lowest BCUT2D eigenvalue weighted by Crippen LogP contribution is -2.31. The van der Waals surface area contributed by atoms with Crippen LogP contribution in [-0.4, -0.2) is 9.66 Å². The number of hydrogen-bond acceptors (Lipinski definition) is 5. The van der Waals surface area contributed by atoms with E-state index >= 15 is 0 Å². The molecule has 3 N–H and O–H groups in total. The highest BCUT2D eigenvalue weighted by Crippen LogP contribution is 2.12. The van der Waals surface area contributed by atoms with Crippen molar-refractivity contribution in [1.82, 2.24) is 9.66 Å². The van der Waals surface area contributed by atoms with Crippen LogP contribution in [-0.2, 0) is 0 Å². The van der Waals surface area contributed by atoms with E-state index in [0.29, 0.717) is 10.4 Å². The Labute approximate surface area is 102 Å². The minimum Gasteiger partial charge on any atom is -0.385 e. The molecule has 0 bridgehead atoms. The summed E-state index contributed by atoms with van der Waals surface area (Å²) in [5.41, 5.74) is 5.58. The van der Waals surface area contributed by atoms with Crippen LogP contribution >= 0.6 is 0 Å². The van der Waals surface area contributed by atoms with Gasteiger partial charge in [-0.15, -0.1) is 9.79 Å². The molecule has 0 saturated heterocycles. The van der Waals surface area contributed by atoms with Gasteiger partial charge in [-0.1, -0.05) is 22.9 Å². The molecule has 2 rings (SSSR count). The molecule has 1 heterocycles. The zero-order valence-electron chi connectivity index (χ0n) is 9.62. The van der Waals surface area contributed by atoms with Crippen molar-refractivity contribution in [1.29, 1.82) is 0 Å². The number of nitrogen functional groups attached to an aromatic ring is 1. The lowest BCUT2D eigenvalue weighted by molar-refractivity contribution is 0.706. The van der Waals surface area contributed by atoms with Crippen LogP contribution in [0.4, 0.5) is 11.5 Å². The predicted molar refractivity (Wildman–Crippen MR) is 66.8 cm³/mol. The first-order valence-corrected chi connectivity index (χ1v) is 5.17. The van der Waals surface area contributed by atoms with Crippen molar-refractivity contribution in [3.05, 3.63) is 56.7 Å². The number of aromatic amines is 1. The number of rotatable bonds is 2. The Balaban J connectivity index is 2.38. The van der Waals surface area contributed by atoms with Gasteiger partial charge in [0.25, 0.3) is 5.56 Å². The number of nitrogens with two attached hydrogens (primary N) is 1. The van der Waals surface area contributed by atoms with Gasteiger partial charge in [0.2, 0.25) is 0 Å². The highest BCUT2D eigenvalue weighted by Gasteiger charge is 2.00. The Hall–Kier alpha value is -2.70. The van der Waals surface area contributed by atoms with Crippen LogP contribution in [0, 0.1) is 6.92 Å². The van der Waals surface area contributed by atoms with E-state index in [1.165, 1.54) is 0 Å². The molecular formula is C11H11N5O2. The smallest absolute Gasteiger partial charge is 0.352 e. The van der Waals surface area contributed by atoms with Gasteiger partial charge >= 0.3 is 5.69 Å². The molecule has 0 saturated carbocycles. The SMILES string of the molecule is Cc1ccc(N=Nn2c(=O)cc(N)[nH]c2=O)cc1. The Kier molecular flexibility index (Phi) is 3.05. The van der Waals surface area contributed by atoms with Crippen molar-refractivity contribution in [2.24, 2.45) is 10.3 Å². The van der Waals surface area contributed by atoms with Gasteiger partial charge in [-0.05, 0) is 19.1 Å². The van der Waals surface area contributed by atoms with E-state index in [0.717, 1.165) is 11.6 Å². The van der Waals surface area contributed by atoms with Crippen molar-refractivity contribution >= 4 is 11.5 Å². The average Bonchev–Trinajstić information content (AvgIpc) is 2.30. The molecule has 2 aromatic rings. The van der Waals surface area contributed by atoms with Crippen molar-refractivity contribution in [2.75, 3.05) is 5.73 Å². The lowest BCUT2D eigenvalue weighted by atomic mass is 10.2. The summed E-state index contributed by atoms with van der Waals surface area (Å²) in [4.78, 5) is 25.1. The third-order valence-corrected chi connectivity index (χ3v) is 2.21. The number of nitrogens with zero attached hydrogens (tertiary/aromatic N) is 3. The minimum absolute atomic E-state index is 0.00761. The maximum atomic E-state index is 11.4. The Morgan fingerprint density at radius 3 is 2.50 bits per heavy atom. The fourth-order valence-electron chi connectivity index (χ4n) is 1.30. The predicted octanol–water partition coefficient (Wildman–Crippen LogP) is 0.974. The largest absolute Gasteiger partial charge is 0.385 e. The second-order valence-corrected chi connectivity index (χ2v) is 3.70. The lowest BCUT2D eigenvalue weighted by Gasteiger charge is -1.96. The second-order valence-electron chi connectivity index (χ2n) is 3.70. The highest BCUT2D eigenvalue weighted by molar-refractivity contribution is 5.37. The minimum atomic E-state index is -0.726. The molecular weight excluding hydrogens is 234 g/mol. The van der Waals surface area contributed by atoms with Gasteiger partial charge in [0, 0.05) is 6.07 Å². The molecule has 0 amide bonds. The third kappa shape index (κ3) is 2.51. The van der Waals surface area contributed by atoms with Gasteiger partial charge in [0.15, 0.2) is 0 Å². The van der Waals surface area contributed by atoms with Gasteiger partial charge in [-0.25, -0.2) is 4.79 Å². The van der Waals surface area contributed by atoms with Crippen LogP contribution in [0.25, 0.3) is 0 Å². The zero-order valence-corrected chi connectivity index (χ0v) is 9.62. The quantitative estimate of drug-likeness (QED) is 0.770.